The van der Waals surface area contributed by atoms with Crippen molar-refractivity contribution >= 4 is 5.97 Å². The first-order chi connectivity index (χ1) is 16.3. The summed E-state index contributed by atoms with van der Waals surface area (Å²) < 4.78 is 10.9. The zero-order valence-corrected chi connectivity index (χ0v) is 22.8. The number of carbonyl (C=O) groups is 1. The van der Waals surface area contributed by atoms with Gasteiger partial charge in [0.1, 0.15) is 6.61 Å². The van der Waals surface area contributed by atoms with E-state index in [1.807, 2.05) is 0 Å². The van der Waals surface area contributed by atoms with Crippen LogP contribution in [0.15, 0.2) is 0 Å². The lowest BCUT2D eigenvalue weighted by Crippen LogP contribution is -2.10. The number of carbonyl (C=O) groups excluding carboxylic acids is 1. The number of rotatable bonds is 28. The van der Waals surface area contributed by atoms with E-state index in [-0.39, 0.29) is 5.97 Å². The smallest absolute Gasteiger partial charge is 0.305 e. The van der Waals surface area contributed by atoms with E-state index >= 15 is 0 Å². The molecule has 0 rings (SSSR count). The molecule has 0 aromatic rings. The van der Waals surface area contributed by atoms with Crippen molar-refractivity contribution in [1.29, 1.82) is 0 Å². The molecule has 0 atom stereocenters. The Hall–Kier alpha value is -0.570. The van der Waals surface area contributed by atoms with E-state index in [9.17, 15) is 4.79 Å². The number of hydrogen-bond donors (Lipinski definition) is 0. The average molecular weight is 469 g/mol. The summed E-state index contributed by atoms with van der Waals surface area (Å²) in [5.41, 5.74) is 0. The molecule has 33 heavy (non-hydrogen) atoms. The van der Waals surface area contributed by atoms with Crippen molar-refractivity contribution in [3.8, 4) is 0 Å². The molecule has 0 radical (unpaired) electrons. The maximum absolute atomic E-state index is 11.8. The van der Waals surface area contributed by atoms with E-state index in [0.29, 0.717) is 19.6 Å². The summed E-state index contributed by atoms with van der Waals surface area (Å²) >= 11 is 0. The Labute approximate surface area is 208 Å². The second kappa shape index (κ2) is 29.5. The minimum atomic E-state index is -0.0550. The third kappa shape index (κ3) is 29.4. The van der Waals surface area contributed by atoms with Gasteiger partial charge < -0.3 is 9.47 Å². The van der Waals surface area contributed by atoms with E-state index in [0.717, 1.165) is 25.9 Å². The molecule has 0 aliphatic rings. The third-order valence-electron chi connectivity index (χ3n) is 6.62. The topological polar surface area (TPSA) is 35.5 Å². The molecular formula is C30H60O3. The molecule has 0 aliphatic heterocycles. The highest BCUT2D eigenvalue weighted by atomic mass is 16.6. The first-order valence-electron chi connectivity index (χ1n) is 15.0. The summed E-state index contributed by atoms with van der Waals surface area (Å²) in [7, 11) is 0. The van der Waals surface area contributed by atoms with Crippen molar-refractivity contribution in [1.82, 2.24) is 0 Å². The van der Waals surface area contributed by atoms with Gasteiger partial charge in [0.2, 0.25) is 0 Å². The number of esters is 1. The summed E-state index contributed by atoms with van der Waals surface area (Å²) in [6, 6.07) is 0. The first-order valence-corrected chi connectivity index (χ1v) is 15.0. The highest BCUT2D eigenvalue weighted by molar-refractivity contribution is 5.69. The fraction of sp³-hybridized carbons (Fsp3) is 0.967. The van der Waals surface area contributed by atoms with Crippen LogP contribution in [-0.2, 0) is 14.3 Å². The quantitative estimate of drug-likeness (QED) is 0.0846. The summed E-state index contributed by atoms with van der Waals surface area (Å²) in [6.07, 6.45) is 31.2. The minimum Gasteiger partial charge on any atom is -0.463 e. The van der Waals surface area contributed by atoms with Crippen LogP contribution in [-0.4, -0.2) is 25.8 Å². The van der Waals surface area contributed by atoms with Gasteiger partial charge in [0.15, 0.2) is 0 Å². The number of ether oxygens (including phenoxy) is 2. The Morgan fingerprint density at radius 1 is 0.424 bits per heavy atom. The van der Waals surface area contributed by atoms with Crippen LogP contribution >= 0.6 is 0 Å². The van der Waals surface area contributed by atoms with E-state index in [2.05, 4.69) is 13.8 Å². The Morgan fingerprint density at radius 3 is 1.21 bits per heavy atom. The molecule has 0 N–H and O–H groups in total. The monoisotopic (exact) mass is 468 g/mol. The van der Waals surface area contributed by atoms with Crippen molar-refractivity contribution in [2.45, 2.75) is 168 Å². The minimum absolute atomic E-state index is 0.0550. The largest absolute Gasteiger partial charge is 0.463 e. The normalized spacial score (nSPS) is 11.2. The van der Waals surface area contributed by atoms with Gasteiger partial charge in [-0.1, -0.05) is 149 Å². The fourth-order valence-corrected chi connectivity index (χ4v) is 4.37. The van der Waals surface area contributed by atoms with Gasteiger partial charge in [-0.2, -0.15) is 0 Å². The molecule has 0 spiro atoms. The molecule has 0 amide bonds. The van der Waals surface area contributed by atoms with E-state index < -0.39 is 0 Å². The van der Waals surface area contributed by atoms with Gasteiger partial charge >= 0.3 is 5.97 Å². The van der Waals surface area contributed by atoms with Crippen molar-refractivity contribution < 1.29 is 14.3 Å². The van der Waals surface area contributed by atoms with E-state index in [1.54, 1.807) is 0 Å². The summed E-state index contributed by atoms with van der Waals surface area (Å²) in [6.45, 7) is 6.30. The van der Waals surface area contributed by atoms with Gasteiger partial charge in [0.05, 0.1) is 6.61 Å². The van der Waals surface area contributed by atoms with Crippen molar-refractivity contribution in [2.24, 2.45) is 0 Å². The van der Waals surface area contributed by atoms with Gasteiger partial charge in [-0.3, -0.25) is 4.79 Å². The highest BCUT2D eigenvalue weighted by Crippen LogP contribution is 2.13. The maximum Gasteiger partial charge on any atom is 0.305 e. The molecular weight excluding hydrogens is 408 g/mol. The van der Waals surface area contributed by atoms with Crippen LogP contribution in [0.4, 0.5) is 0 Å². The van der Waals surface area contributed by atoms with Crippen LogP contribution in [0.25, 0.3) is 0 Å². The van der Waals surface area contributed by atoms with Crippen LogP contribution in [0, 0.1) is 0 Å². The average Bonchev–Trinajstić information content (AvgIpc) is 2.82. The molecule has 3 heteroatoms. The van der Waals surface area contributed by atoms with Crippen LogP contribution in [0.3, 0.4) is 0 Å². The van der Waals surface area contributed by atoms with Gasteiger partial charge in [0.25, 0.3) is 0 Å². The van der Waals surface area contributed by atoms with Crippen LogP contribution in [0.2, 0.25) is 0 Å². The van der Waals surface area contributed by atoms with Gasteiger partial charge in [-0.15, -0.1) is 0 Å². The van der Waals surface area contributed by atoms with Crippen molar-refractivity contribution in [3.05, 3.63) is 0 Å². The Kier molecular flexibility index (Phi) is 29.0. The molecule has 0 saturated carbocycles. The number of unbranched alkanes of at least 4 members (excludes halogenated alkanes) is 21. The number of hydrogen-bond acceptors (Lipinski definition) is 3. The molecule has 0 bridgehead atoms. The van der Waals surface area contributed by atoms with Gasteiger partial charge in [-0.05, 0) is 12.8 Å². The predicted molar refractivity (Wildman–Crippen MR) is 144 cm³/mol. The lowest BCUT2D eigenvalue weighted by molar-refractivity contribution is -0.145. The molecule has 3 nitrogen and oxygen atoms in total. The second-order valence-electron chi connectivity index (χ2n) is 10.0. The molecule has 0 fully saturated rings. The van der Waals surface area contributed by atoms with E-state index in [4.69, 9.17) is 9.47 Å². The second-order valence-corrected chi connectivity index (χ2v) is 10.0. The summed E-state index contributed by atoms with van der Waals surface area (Å²) in [4.78, 5) is 11.8. The first kappa shape index (κ1) is 32.4. The van der Waals surface area contributed by atoms with Crippen LogP contribution < -0.4 is 0 Å². The standard InChI is InChI=1S/C30H60O3/c1-3-5-7-9-11-13-15-16-17-18-20-22-24-26-30(31)33-29-28-32-27-25-23-21-19-14-12-10-8-6-4-2/h3-29H2,1-2H3. The molecule has 0 unspecified atom stereocenters. The molecule has 0 saturated heterocycles. The molecule has 0 aromatic carbocycles. The maximum atomic E-state index is 11.8. The van der Waals surface area contributed by atoms with Crippen molar-refractivity contribution in [2.75, 3.05) is 19.8 Å². The Morgan fingerprint density at radius 2 is 0.788 bits per heavy atom. The van der Waals surface area contributed by atoms with Crippen LogP contribution in [0.5, 0.6) is 0 Å². The Bertz CT molecular complexity index is 370. The summed E-state index contributed by atoms with van der Waals surface area (Å²) in [5.74, 6) is -0.0550. The predicted octanol–water partition coefficient (Wildman–Crippen LogP) is 9.95. The molecule has 0 aliphatic carbocycles. The highest BCUT2D eigenvalue weighted by Gasteiger charge is 2.02. The Balaban J connectivity index is 3.14. The fourth-order valence-electron chi connectivity index (χ4n) is 4.37. The summed E-state index contributed by atoms with van der Waals surface area (Å²) in [5, 5.41) is 0. The molecule has 198 valence electrons. The van der Waals surface area contributed by atoms with E-state index in [1.165, 1.54) is 128 Å². The molecule has 0 aromatic heterocycles. The lowest BCUT2D eigenvalue weighted by Gasteiger charge is -2.07. The van der Waals surface area contributed by atoms with Crippen LogP contribution in [0.1, 0.15) is 168 Å². The zero-order valence-electron chi connectivity index (χ0n) is 22.8. The van der Waals surface area contributed by atoms with Gasteiger partial charge in [-0.25, -0.2) is 0 Å². The van der Waals surface area contributed by atoms with Gasteiger partial charge in [0, 0.05) is 13.0 Å². The third-order valence-corrected chi connectivity index (χ3v) is 6.62. The zero-order chi connectivity index (χ0) is 24.1. The lowest BCUT2D eigenvalue weighted by atomic mass is 10.0. The SMILES string of the molecule is CCCCCCCCCCCCCCCC(=O)OCCOCCCCCCCCCCCC. The van der Waals surface area contributed by atoms with Crippen molar-refractivity contribution in [3.63, 3.8) is 0 Å². The molecule has 0 heterocycles.